The van der Waals surface area contributed by atoms with Crippen molar-refractivity contribution in [3.8, 4) is 5.75 Å². The van der Waals surface area contributed by atoms with Crippen molar-refractivity contribution >= 4 is 69.1 Å². The second kappa shape index (κ2) is 23.1. The fraction of sp³-hybridized carbons (Fsp3) is 0.156. The number of ether oxygens (including phenoxy) is 2. The van der Waals surface area contributed by atoms with Crippen LogP contribution in [-0.4, -0.2) is 69.2 Å². The van der Waals surface area contributed by atoms with Crippen molar-refractivity contribution in [2.75, 3.05) is 24.7 Å². The van der Waals surface area contributed by atoms with Gasteiger partial charge in [-0.05, 0) is 47.4 Å². The number of methoxy groups -OCH3 is 1. The number of benzene rings is 7. The second-order valence-electron chi connectivity index (χ2n) is 19.2. The van der Waals surface area contributed by atoms with Gasteiger partial charge >= 0.3 is 5.97 Å². The molecule has 2 fully saturated rings. The molecule has 7 aromatic carbocycles. The number of aromatic nitrogens is 2. The fourth-order valence-corrected chi connectivity index (χ4v) is 13.1. The van der Waals surface area contributed by atoms with Crippen molar-refractivity contribution in [3.63, 3.8) is 0 Å². The lowest BCUT2D eigenvalue weighted by Crippen LogP contribution is -2.73. The first-order valence-corrected chi connectivity index (χ1v) is 28.5. The van der Waals surface area contributed by atoms with Crippen LogP contribution in [0, 0.1) is 12.3 Å². The lowest BCUT2D eigenvalue weighted by atomic mass is 9.77. The summed E-state index contributed by atoms with van der Waals surface area (Å²) in [7, 11) is 1.59. The van der Waals surface area contributed by atoms with Gasteiger partial charge in [0.1, 0.15) is 40.4 Å². The van der Waals surface area contributed by atoms with Crippen molar-refractivity contribution in [3.05, 3.63) is 278 Å². The van der Waals surface area contributed by atoms with Crippen LogP contribution >= 0.6 is 34.4 Å². The quantitative estimate of drug-likeness (QED) is 0.0264. The molecule has 0 saturated carbocycles. The molecule has 4 heterocycles. The number of thioether (sulfide) groups is 1. The third-order valence-corrected chi connectivity index (χ3v) is 17.6. The number of anilines is 1. The molecule has 9 aromatic rings. The number of nitrogens with one attached hydrogen (secondary N) is 2. The van der Waals surface area contributed by atoms with Crippen molar-refractivity contribution in [2.45, 2.75) is 36.1 Å². The van der Waals surface area contributed by atoms with Gasteiger partial charge < -0.3 is 29.8 Å². The van der Waals surface area contributed by atoms with Gasteiger partial charge in [0.05, 0.1) is 18.3 Å². The number of oxime groups is 1. The van der Waals surface area contributed by atoms with Crippen molar-refractivity contribution in [1.82, 2.24) is 20.2 Å². The van der Waals surface area contributed by atoms with Gasteiger partial charge in [-0.25, -0.2) is 9.97 Å². The molecule has 2 unspecified atom stereocenters. The van der Waals surface area contributed by atoms with E-state index in [1.54, 1.807) is 22.9 Å². The minimum Gasteiger partial charge on any atom is -0.497 e. The van der Waals surface area contributed by atoms with Crippen molar-refractivity contribution in [1.29, 1.82) is 0 Å². The zero-order valence-electron chi connectivity index (χ0n) is 43.2. The van der Waals surface area contributed by atoms with Crippen LogP contribution in [-0.2, 0) is 41.7 Å². The van der Waals surface area contributed by atoms with Crippen LogP contribution in [0.3, 0.4) is 0 Å². The maximum absolute atomic E-state index is 15.4. The summed E-state index contributed by atoms with van der Waals surface area (Å²) in [5.41, 5.74) is 5.18. The topological polar surface area (TPSA) is 144 Å². The second-order valence-corrected chi connectivity index (χ2v) is 22.0. The standard InChI is InChI=1S/C64H54N6O6S3/c1-44-54(79-43-65-44)37-38-62(60(73)75-39-45-33-35-52(74-2)36-34-45)41-70-58(72)56(59(70)78-42-62)67-57(71)55(69-76-64(49-27-15-6-16-28-49,50-29-17-7-18-30-50)51-31-19-8-20-32-51)53-40-77-61(66-53)68-63(46-21-9-3-10-22-46,47-23-11-4-12-24-47)48-25-13-5-14-26-48/h3-38,40,43,56,59H,39,41-42H2,1-2H3,(H,66,68)(H,67,71)/t56?,59-,62?/m1/s1. The van der Waals surface area contributed by atoms with E-state index in [4.69, 9.17) is 24.5 Å². The summed E-state index contributed by atoms with van der Waals surface area (Å²) < 4.78 is 11.3. The summed E-state index contributed by atoms with van der Waals surface area (Å²) in [5, 5.41) is 13.6. The van der Waals surface area contributed by atoms with Gasteiger partial charge in [0, 0.05) is 39.2 Å². The number of thiazole rings is 2. The molecular formula is C64H54N6O6S3. The number of hydrogen-bond donors (Lipinski definition) is 2. The Labute approximate surface area is 470 Å². The fourth-order valence-electron chi connectivity index (χ4n) is 10.2. The molecule has 2 amide bonds. The summed E-state index contributed by atoms with van der Waals surface area (Å²) in [4.78, 5) is 63.4. The highest BCUT2D eigenvalue weighted by atomic mass is 32.2. The Morgan fingerprint density at radius 2 is 1.24 bits per heavy atom. The molecule has 2 aromatic heterocycles. The monoisotopic (exact) mass is 1100 g/mol. The summed E-state index contributed by atoms with van der Waals surface area (Å²) in [6.07, 6.45) is 3.72. The minimum absolute atomic E-state index is 0.0304. The third-order valence-electron chi connectivity index (χ3n) is 14.4. The summed E-state index contributed by atoms with van der Waals surface area (Å²) in [6, 6.07) is 66.2. The Kier molecular flexibility index (Phi) is 15.4. The maximum atomic E-state index is 15.4. The van der Waals surface area contributed by atoms with E-state index in [9.17, 15) is 9.59 Å². The number of fused-ring (bicyclic) bond motifs is 1. The molecule has 2 saturated heterocycles. The molecule has 0 bridgehead atoms. The zero-order chi connectivity index (χ0) is 54.2. The maximum Gasteiger partial charge on any atom is 0.318 e. The number of rotatable bonds is 19. The van der Waals surface area contributed by atoms with E-state index < -0.39 is 39.8 Å². The first-order valence-electron chi connectivity index (χ1n) is 25.7. The minimum atomic E-state index is -1.35. The van der Waals surface area contributed by atoms with Gasteiger partial charge in [-0.15, -0.1) is 34.4 Å². The Morgan fingerprint density at radius 3 is 1.73 bits per heavy atom. The Balaban J connectivity index is 0.953. The lowest BCUT2D eigenvalue weighted by molar-refractivity contribution is -0.160. The highest BCUT2D eigenvalue weighted by Gasteiger charge is 2.57. The molecule has 11 rings (SSSR count). The van der Waals surface area contributed by atoms with Gasteiger partial charge in [0.2, 0.25) is 11.5 Å². The normalized spacial score (nSPS) is 17.3. The molecule has 15 heteroatoms. The van der Waals surface area contributed by atoms with E-state index in [1.807, 2.05) is 189 Å². The molecule has 3 atom stereocenters. The van der Waals surface area contributed by atoms with Crippen molar-refractivity contribution < 1.29 is 28.7 Å². The largest absolute Gasteiger partial charge is 0.497 e. The number of carbonyl (C=O) groups is 3. The summed E-state index contributed by atoms with van der Waals surface area (Å²) >= 11 is 4.19. The van der Waals surface area contributed by atoms with Crippen LogP contribution in [0.25, 0.3) is 6.08 Å². The van der Waals surface area contributed by atoms with Gasteiger partial charge in [-0.1, -0.05) is 205 Å². The number of aryl methyl sites for hydroxylation is 1. The Hall–Kier alpha value is -8.63. The molecule has 0 spiro atoms. The number of hydrogen-bond acceptors (Lipinski definition) is 13. The van der Waals surface area contributed by atoms with Gasteiger partial charge in [0.15, 0.2) is 10.8 Å². The molecule has 2 aliphatic rings. The molecule has 394 valence electrons. The number of β-lactam (4-membered cyclic amide) rings is 1. The first-order chi connectivity index (χ1) is 38.7. The average Bonchev–Trinajstić information content (AvgIpc) is 4.29. The molecule has 79 heavy (non-hydrogen) atoms. The van der Waals surface area contributed by atoms with E-state index in [-0.39, 0.29) is 36.2 Å². The van der Waals surface area contributed by atoms with E-state index in [0.29, 0.717) is 10.9 Å². The van der Waals surface area contributed by atoms with Gasteiger partial charge in [-0.2, -0.15) is 0 Å². The van der Waals surface area contributed by atoms with Crippen LogP contribution in [0.5, 0.6) is 5.75 Å². The van der Waals surface area contributed by atoms with E-state index in [2.05, 4.69) is 52.0 Å². The predicted octanol–water partition coefficient (Wildman–Crippen LogP) is 11.9. The molecule has 0 radical (unpaired) electrons. The molecule has 2 aliphatic heterocycles. The highest BCUT2D eigenvalue weighted by molar-refractivity contribution is 8.00. The van der Waals surface area contributed by atoms with Gasteiger partial charge in [-0.3, -0.25) is 14.4 Å². The van der Waals surface area contributed by atoms with Crippen LogP contribution in [0.2, 0.25) is 0 Å². The Bertz CT molecular complexity index is 3410. The van der Waals surface area contributed by atoms with E-state index in [0.717, 1.165) is 49.5 Å². The zero-order valence-corrected chi connectivity index (χ0v) is 45.6. The number of esters is 1. The summed E-state index contributed by atoms with van der Waals surface area (Å²) in [5.74, 6) is -0.535. The van der Waals surface area contributed by atoms with E-state index >= 15 is 4.79 Å². The molecule has 2 N–H and O–H groups in total. The average molecular weight is 1100 g/mol. The Morgan fingerprint density at radius 1 is 0.722 bits per heavy atom. The predicted molar refractivity (Wildman–Crippen MR) is 313 cm³/mol. The van der Waals surface area contributed by atoms with E-state index in [1.165, 1.54) is 34.4 Å². The van der Waals surface area contributed by atoms with Crippen LogP contribution in [0.4, 0.5) is 5.13 Å². The number of nitrogens with zero attached hydrogens (tertiary/aromatic N) is 4. The number of carbonyl (C=O) groups excluding carboxylic acids is 3. The first kappa shape index (κ1) is 52.4. The van der Waals surface area contributed by atoms with Crippen LogP contribution in [0.1, 0.15) is 55.2 Å². The lowest BCUT2D eigenvalue weighted by Gasteiger charge is -2.53. The highest BCUT2D eigenvalue weighted by Crippen LogP contribution is 2.46. The SMILES string of the molecule is COc1ccc(COC(=O)C2(C=Cc3scnc3C)CS[C@@H]3C(NC(=O)C(=NOC(c4ccccc4)(c4ccccc4)c4ccccc4)c4csc(NC(c5ccccc5)(c5ccccc5)c5ccccc5)n4)C(=O)N3C2)cc1. The smallest absolute Gasteiger partial charge is 0.318 e. The number of amides is 2. The van der Waals surface area contributed by atoms with Crippen LogP contribution in [0.15, 0.2) is 228 Å². The molecule has 12 nitrogen and oxygen atoms in total. The summed E-state index contributed by atoms with van der Waals surface area (Å²) in [6.45, 7) is 1.98. The molecule has 0 aliphatic carbocycles. The third kappa shape index (κ3) is 10.5. The molecular weight excluding hydrogens is 1040 g/mol. The van der Waals surface area contributed by atoms with Crippen LogP contribution < -0.4 is 15.4 Å². The van der Waals surface area contributed by atoms with Crippen molar-refractivity contribution in [2.24, 2.45) is 10.6 Å². The van der Waals surface area contributed by atoms with Gasteiger partial charge in [0.25, 0.3) is 5.91 Å².